The highest BCUT2D eigenvalue weighted by Gasteiger charge is 2.19. The van der Waals surface area contributed by atoms with Crippen LogP contribution in [-0.2, 0) is 6.61 Å². The van der Waals surface area contributed by atoms with Crippen molar-refractivity contribution in [1.82, 2.24) is 9.88 Å². The Bertz CT molecular complexity index is 1000. The molecule has 2 heterocycles. The summed E-state index contributed by atoms with van der Waals surface area (Å²) >= 11 is 0. The van der Waals surface area contributed by atoms with Gasteiger partial charge in [0.1, 0.15) is 6.61 Å². The van der Waals surface area contributed by atoms with Crippen LogP contribution in [0, 0.1) is 0 Å². The van der Waals surface area contributed by atoms with Gasteiger partial charge in [-0.1, -0.05) is 49.4 Å². The van der Waals surface area contributed by atoms with E-state index < -0.39 is 0 Å². The topological polar surface area (TPSA) is 57.7 Å². The minimum absolute atomic E-state index is 0.174. The zero-order chi connectivity index (χ0) is 21.5. The van der Waals surface area contributed by atoms with E-state index in [2.05, 4.69) is 33.1 Å². The predicted molar refractivity (Wildman–Crippen MR) is 124 cm³/mol. The smallest absolute Gasteiger partial charge is 0.255 e. The first-order valence-electron chi connectivity index (χ1n) is 10.7. The third-order valence-corrected chi connectivity index (χ3v) is 5.54. The molecular weight excluding hydrogens is 388 g/mol. The van der Waals surface area contributed by atoms with Crippen molar-refractivity contribution in [2.24, 2.45) is 0 Å². The maximum absolute atomic E-state index is 13.0. The minimum Gasteiger partial charge on any atom is -0.473 e. The molecule has 6 heteroatoms. The number of nitrogens with zero attached hydrogens (tertiary/aromatic N) is 3. The molecule has 6 nitrogen and oxygen atoms in total. The first-order valence-corrected chi connectivity index (χ1v) is 10.7. The number of para-hydroxylation sites is 2. The van der Waals surface area contributed by atoms with E-state index >= 15 is 0 Å². The van der Waals surface area contributed by atoms with Crippen LogP contribution in [0.3, 0.4) is 0 Å². The van der Waals surface area contributed by atoms with Gasteiger partial charge in [-0.05, 0) is 30.3 Å². The molecule has 1 aliphatic heterocycles. The molecule has 0 bridgehead atoms. The predicted octanol–water partition coefficient (Wildman–Crippen LogP) is 4.05. The Morgan fingerprint density at radius 3 is 2.52 bits per heavy atom. The van der Waals surface area contributed by atoms with Crippen LogP contribution in [-0.4, -0.2) is 48.5 Å². The Labute approximate surface area is 183 Å². The molecule has 160 valence electrons. The number of hydrogen-bond donors (Lipinski definition) is 1. The molecule has 1 saturated heterocycles. The lowest BCUT2D eigenvalue weighted by Gasteiger charge is -2.36. The van der Waals surface area contributed by atoms with Crippen molar-refractivity contribution in [2.45, 2.75) is 13.5 Å². The first kappa shape index (κ1) is 20.9. The van der Waals surface area contributed by atoms with Crippen LogP contribution < -0.4 is 15.0 Å². The van der Waals surface area contributed by atoms with E-state index in [-0.39, 0.29) is 5.91 Å². The lowest BCUT2D eigenvalue weighted by Crippen LogP contribution is -2.46. The van der Waals surface area contributed by atoms with Crippen LogP contribution in [0.25, 0.3) is 0 Å². The number of carbonyl (C=O) groups excluding carboxylic acids is 1. The Hall–Kier alpha value is -3.38. The van der Waals surface area contributed by atoms with E-state index in [1.807, 2.05) is 48.5 Å². The van der Waals surface area contributed by atoms with Crippen LogP contribution in [0.2, 0.25) is 0 Å². The van der Waals surface area contributed by atoms with Gasteiger partial charge in [-0.25, -0.2) is 4.98 Å². The Morgan fingerprint density at radius 2 is 1.74 bits per heavy atom. The summed E-state index contributed by atoms with van der Waals surface area (Å²) in [7, 11) is 0. The number of anilines is 2. The molecule has 31 heavy (non-hydrogen) atoms. The SMILES string of the molecule is CCN1CCN(c2ccccc2NC(=O)c2ccnc(OCc3ccccc3)c2)CC1. The zero-order valence-electron chi connectivity index (χ0n) is 17.8. The first-order chi connectivity index (χ1) is 15.2. The highest BCUT2D eigenvalue weighted by Crippen LogP contribution is 2.27. The quantitative estimate of drug-likeness (QED) is 0.630. The van der Waals surface area contributed by atoms with Gasteiger partial charge in [0.2, 0.25) is 5.88 Å². The third-order valence-electron chi connectivity index (χ3n) is 5.54. The van der Waals surface area contributed by atoms with Gasteiger partial charge >= 0.3 is 0 Å². The number of nitrogens with one attached hydrogen (secondary N) is 1. The molecule has 4 rings (SSSR count). The van der Waals surface area contributed by atoms with Gasteiger partial charge in [-0.2, -0.15) is 0 Å². The number of ether oxygens (including phenoxy) is 1. The van der Waals surface area contributed by atoms with Crippen molar-refractivity contribution in [3.63, 3.8) is 0 Å². The van der Waals surface area contributed by atoms with Crippen molar-refractivity contribution in [3.05, 3.63) is 84.1 Å². The number of hydrogen-bond acceptors (Lipinski definition) is 5. The van der Waals surface area contributed by atoms with Crippen molar-refractivity contribution in [3.8, 4) is 5.88 Å². The number of carbonyl (C=O) groups is 1. The van der Waals surface area contributed by atoms with Gasteiger partial charge in [0.15, 0.2) is 0 Å². The molecule has 2 aromatic carbocycles. The highest BCUT2D eigenvalue weighted by atomic mass is 16.5. The molecule has 0 saturated carbocycles. The average molecular weight is 417 g/mol. The number of aromatic nitrogens is 1. The van der Waals surface area contributed by atoms with Gasteiger partial charge in [0.25, 0.3) is 5.91 Å². The van der Waals surface area contributed by atoms with E-state index in [1.54, 1.807) is 18.3 Å². The van der Waals surface area contributed by atoms with Crippen LogP contribution in [0.1, 0.15) is 22.8 Å². The van der Waals surface area contributed by atoms with Gasteiger partial charge in [-0.15, -0.1) is 0 Å². The second-order valence-corrected chi connectivity index (χ2v) is 7.55. The van der Waals surface area contributed by atoms with Crippen molar-refractivity contribution in [2.75, 3.05) is 42.9 Å². The number of piperazine rings is 1. The summed E-state index contributed by atoms with van der Waals surface area (Å²) in [4.78, 5) is 22.0. The average Bonchev–Trinajstić information content (AvgIpc) is 2.84. The fourth-order valence-electron chi connectivity index (χ4n) is 3.72. The maximum atomic E-state index is 13.0. The number of pyridine rings is 1. The molecule has 0 radical (unpaired) electrons. The molecule has 1 N–H and O–H groups in total. The van der Waals surface area contributed by atoms with E-state index in [0.29, 0.717) is 18.1 Å². The van der Waals surface area contributed by atoms with E-state index in [4.69, 9.17) is 4.74 Å². The van der Waals surface area contributed by atoms with Crippen molar-refractivity contribution >= 4 is 17.3 Å². The third kappa shape index (κ3) is 5.41. The Balaban J connectivity index is 1.43. The molecule has 0 spiro atoms. The fourth-order valence-corrected chi connectivity index (χ4v) is 3.72. The molecule has 1 aromatic heterocycles. The summed E-state index contributed by atoms with van der Waals surface area (Å²) in [5.74, 6) is 0.257. The number of likely N-dealkylation sites (N-methyl/N-ethyl adjacent to an activating group) is 1. The van der Waals surface area contributed by atoms with Crippen LogP contribution in [0.5, 0.6) is 5.88 Å². The summed E-state index contributed by atoms with van der Waals surface area (Å²) in [6, 6.07) is 21.3. The van der Waals surface area contributed by atoms with Gasteiger partial charge < -0.3 is 19.9 Å². The molecule has 0 unspecified atom stereocenters. The van der Waals surface area contributed by atoms with E-state index in [1.165, 1.54) is 0 Å². The molecular formula is C25H28N4O2. The number of amides is 1. The normalized spacial score (nSPS) is 14.3. The van der Waals surface area contributed by atoms with Gasteiger partial charge in [0, 0.05) is 44.0 Å². The van der Waals surface area contributed by atoms with Crippen molar-refractivity contribution in [1.29, 1.82) is 0 Å². The monoisotopic (exact) mass is 416 g/mol. The molecule has 1 amide bonds. The minimum atomic E-state index is -0.174. The summed E-state index contributed by atoms with van der Waals surface area (Å²) in [5.41, 5.74) is 3.45. The van der Waals surface area contributed by atoms with Crippen LogP contribution in [0.15, 0.2) is 72.9 Å². The molecule has 1 fully saturated rings. The van der Waals surface area contributed by atoms with Crippen LogP contribution in [0.4, 0.5) is 11.4 Å². The van der Waals surface area contributed by atoms with Crippen LogP contribution >= 0.6 is 0 Å². The molecule has 3 aromatic rings. The largest absolute Gasteiger partial charge is 0.473 e. The lowest BCUT2D eigenvalue weighted by molar-refractivity contribution is 0.102. The fraction of sp³-hybridized carbons (Fsp3) is 0.280. The Morgan fingerprint density at radius 1 is 1.00 bits per heavy atom. The van der Waals surface area contributed by atoms with Crippen molar-refractivity contribution < 1.29 is 9.53 Å². The number of rotatable bonds is 7. The summed E-state index contributed by atoms with van der Waals surface area (Å²) in [5, 5.41) is 3.07. The summed E-state index contributed by atoms with van der Waals surface area (Å²) in [6.07, 6.45) is 1.60. The second-order valence-electron chi connectivity index (χ2n) is 7.55. The number of benzene rings is 2. The second kappa shape index (κ2) is 10.1. The highest BCUT2D eigenvalue weighted by molar-refractivity contribution is 6.06. The van der Waals surface area contributed by atoms with E-state index in [0.717, 1.165) is 49.7 Å². The maximum Gasteiger partial charge on any atom is 0.255 e. The lowest BCUT2D eigenvalue weighted by atomic mass is 10.2. The molecule has 1 aliphatic rings. The standard InChI is InChI=1S/C25H28N4O2/c1-2-28-14-16-29(17-15-28)23-11-7-6-10-22(23)27-25(30)21-12-13-26-24(18-21)31-19-20-8-4-3-5-9-20/h3-13,18H,2,14-17,19H2,1H3,(H,27,30). The zero-order valence-corrected chi connectivity index (χ0v) is 17.8. The van der Waals surface area contributed by atoms with Gasteiger partial charge in [-0.3, -0.25) is 4.79 Å². The summed E-state index contributed by atoms with van der Waals surface area (Å²) < 4.78 is 5.77. The summed E-state index contributed by atoms with van der Waals surface area (Å²) in [6.45, 7) is 7.64. The van der Waals surface area contributed by atoms with E-state index in [9.17, 15) is 4.79 Å². The molecule has 0 aliphatic carbocycles. The Kier molecular flexibility index (Phi) is 6.79. The van der Waals surface area contributed by atoms with Gasteiger partial charge in [0.05, 0.1) is 11.4 Å². The molecule has 0 atom stereocenters.